The molecule has 4 rings (SSSR count). The molecule has 1 saturated heterocycles. The Morgan fingerprint density at radius 2 is 2.21 bits per heavy atom. The minimum Gasteiger partial charge on any atom is -0.370 e. The van der Waals surface area contributed by atoms with Gasteiger partial charge in [-0.15, -0.1) is 0 Å². The molecule has 0 aliphatic carbocycles. The largest absolute Gasteiger partial charge is 0.370 e. The molecule has 4 heterocycles. The number of nitrogens with zero attached hydrogens (tertiary/aromatic N) is 6. The topological polar surface area (TPSA) is 71.8 Å². The van der Waals surface area contributed by atoms with E-state index in [1.807, 2.05) is 49.2 Å². The van der Waals surface area contributed by atoms with Gasteiger partial charge in [0.2, 0.25) is 0 Å². The van der Waals surface area contributed by atoms with Gasteiger partial charge in [-0.3, -0.25) is 4.68 Å². The lowest BCUT2D eigenvalue weighted by atomic mass is 10.1. The molecular formula is C17H21N7. The lowest BCUT2D eigenvalue weighted by Crippen LogP contribution is -2.24. The zero-order valence-electron chi connectivity index (χ0n) is 14.0. The van der Waals surface area contributed by atoms with Gasteiger partial charge in [0.25, 0.3) is 0 Å². The van der Waals surface area contributed by atoms with Gasteiger partial charge in [0, 0.05) is 32.9 Å². The fraction of sp³-hybridized carbons (Fsp3) is 0.412. The Labute approximate surface area is 140 Å². The van der Waals surface area contributed by atoms with Crippen LogP contribution in [0.5, 0.6) is 0 Å². The first kappa shape index (κ1) is 14.9. The van der Waals surface area contributed by atoms with Crippen molar-refractivity contribution in [3.05, 3.63) is 36.4 Å². The molecule has 1 fully saturated rings. The zero-order chi connectivity index (χ0) is 16.5. The van der Waals surface area contributed by atoms with Crippen LogP contribution in [-0.4, -0.2) is 44.4 Å². The highest BCUT2D eigenvalue weighted by molar-refractivity contribution is 5.87. The average molecular weight is 323 g/mol. The summed E-state index contributed by atoms with van der Waals surface area (Å²) in [4.78, 5) is 15.8. The van der Waals surface area contributed by atoms with Gasteiger partial charge in [-0.1, -0.05) is 6.07 Å². The molecule has 0 spiro atoms. The summed E-state index contributed by atoms with van der Waals surface area (Å²) < 4.78 is 1.81. The van der Waals surface area contributed by atoms with E-state index >= 15 is 0 Å². The van der Waals surface area contributed by atoms with E-state index in [1.165, 1.54) is 0 Å². The maximum Gasteiger partial charge on any atom is 0.163 e. The molecule has 0 radical (unpaired) electrons. The van der Waals surface area contributed by atoms with Gasteiger partial charge in [0.15, 0.2) is 5.65 Å². The summed E-state index contributed by atoms with van der Waals surface area (Å²) in [6, 6.07) is 5.93. The number of pyridine rings is 1. The third-order valence-corrected chi connectivity index (χ3v) is 4.51. The lowest BCUT2D eigenvalue weighted by molar-refractivity contribution is 0.621. The average Bonchev–Trinajstić information content (AvgIpc) is 3.21. The van der Waals surface area contributed by atoms with Crippen LogP contribution in [0, 0.1) is 12.8 Å². The summed E-state index contributed by atoms with van der Waals surface area (Å²) in [7, 11) is 1.92. The molecule has 0 aromatic carbocycles. The van der Waals surface area contributed by atoms with Crippen LogP contribution in [0.25, 0.3) is 11.0 Å². The van der Waals surface area contributed by atoms with E-state index in [4.69, 9.17) is 0 Å². The number of aryl methyl sites for hydroxylation is 2. The highest BCUT2D eigenvalue weighted by atomic mass is 15.3. The van der Waals surface area contributed by atoms with Crippen LogP contribution in [0.2, 0.25) is 0 Å². The van der Waals surface area contributed by atoms with E-state index in [2.05, 4.69) is 30.3 Å². The number of nitrogens with one attached hydrogen (secondary N) is 1. The summed E-state index contributed by atoms with van der Waals surface area (Å²) in [6.45, 7) is 4.86. The molecule has 0 saturated carbocycles. The maximum atomic E-state index is 4.68. The second-order valence-corrected chi connectivity index (χ2v) is 6.30. The number of rotatable bonds is 4. The van der Waals surface area contributed by atoms with Crippen molar-refractivity contribution in [1.82, 2.24) is 24.7 Å². The van der Waals surface area contributed by atoms with Crippen molar-refractivity contribution >= 4 is 22.7 Å². The van der Waals surface area contributed by atoms with Gasteiger partial charge in [-0.05, 0) is 31.4 Å². The van der Waals surface area contributed by atoms with Crippen LogP contribution in [0.15, 0.2) is 30.6 Å². The number of hydrogen-bond acceptors (Lipinski definition) is 6. The highest BCUT2D eigenvalue weighted by Crippen LogP contribution is 2.28. The molecule has 3 aromatic heterocycles. The van der Waals surface area contributed by atoms with Crippen molar-refractivity contribution in [3.63, 3.8) is 0 Å². The van der Waals surface area contributed by atoms with Crippen molar-refractivity contribution in [2.75, 3.05) is 29.9 Å². The van der Waals surface area contributed by atoms with Crippen LogP contribution < -0.4 is 10.2 Å². The normalized spacial score (nSPS) is 17.6. The monoisotopic (exact) mass is 323 g/mol. The molecule has 0 bridgehead atoms. The zero-order valence-corrected chi connectivity index (χ0v) is 14.0. The third-order valence-electron chi connectivity index (χ3n) is 4.51. The van der Waals surface area contributed by atoms with E-state index in [-0.39, 0.29) is 0 Å². The van der Waals surface area contributed by atoms with Gasteiger partial charge in [0.1, 0.15) is 17.5 Å². The summed E-state index contributed by atoms with van der Waals surface area (Å²) >= 11 is 0. The van der Waals surface area contributed by atoms with Crippen molar-refractivity contribution in [2.24, 2.45) is 13.0 Å². The van der Waals surface area contributed by atoms with E-state index < -0.39 is 0 Å². The first-order valence-corrected chi connectivity index (χ1v) is 8.27. The summed E-state index contributed by atoms with van der Waals surface area (Å²) in [5, 5.41) is 8.78. The standard InChI is InChI=1S/C17H21N7/c1-12-21-16-14(10-20-23(16)2)17(22-12)24-8-6-13(11-24)9-19-15-5-3-4-7-18-15/h3-5,7,10,13H,6,8-9,11H2,1-2H3,(H,18,19)/t13-/m0/s1. The summed E-state index contributed by atoms with van der Waals surface area (Å²) in [5.41, 5.74) is 0.896. The van der Waals surface area contributed by atoms with Crippen LogP contribution >= 0.6 is 0 Å². The molecule has 0 unspecified atom stereocenters. The van der Waals surface area contributed by atoms with E-state index in [0.717, 1.165) is 54.5 Å². The number of hydrogen-bond donors (Lipinski definition) is 1. The highest BCUT2D eigenvalue weighted by Gasteiger charge is 2.26. The Bertz CT molecular complexity index is 843. The summed E-state index contributed by atoms with van der Waals surface area (Å²) in [5.74, 6) is 3.31. The molecule has 1 atom stereocenters. The van der Waals surface area contributed by atoms with Crippen molar-refractivity contribution in [3.8, 4) is 0 Å². The van der Waals surface area contributed by atoms with Crippen molar-refractivity contribution in [1.29, 1.82) is 0 Å². The van der Waals surface area contributed by atoms with Crippen LogP contribution in [0.4, 0.5) is 11.6 Å². The van der Waals surface area contributed by atoms with Gasteiger partial charge in [-0.25, -0.2) is 15.0 Å². The summed E-state index contributed by atoms with van der Waals surface area (Å²) in [6.07, 6.45) is 4.82. The van der Waals surface area contributed by atoms with Crippen LogP contribution in [0.3, 0.4) is 0 Å². The smallest absolute Gasteiger partial charge is 0.163 e. The van der Waals surface area contributed by atoms with Gasteiger partial charge in [0.05, 0.1) is 11.6 Å². The molecule has 1 N–H and O–H groups in total. The van der Waals surface area contributed by atoms with Crippen molar-refractivity contribution < 1.29 is 0 Å². The van der Waals surface area contributed by atoms with Gasteiger partial charge >= 0.3 is 0 Å². The Balaban J connectivity index is 1.49. The number of anilines is 2. The quantitative estimate of drug-likeness (QED) is 0.792. The fourth-order valence-electron chi connectivity index (χ4n) is 3.26. The molecule has 3 aromatic rings. The Morgan fingerprint density at radius 3 is 3.04 bits per heavy atom. The van der Waals surface area contributed by atoms with Crippen LogP contribution in [0.1, 0.15) is 12.2 Å². The van der Waals surface area contributed by atoms with Gasteiger partial charge < -0.3 is 10.2 Å². The Kier molecular flexibility index (Phi) is 3.76. The molecule has 24 heavy (non-hydrogen) atoms. The second kappa shape index (κ2) is 6.07. The molecule has 1 aliphatic rings. The fourth-order valence-corrected chi connectivity index (χ4v) is 3.26. The maximum absolute atomic E-state index is 4.68. The molecule has 7 heteroatoms. The molecule has 0 amide bonds. The molecule has 7 nitrogen and oxygen atoms in total. The molecular weight excluding hydrogens is 302 g/mol. The first-order valence-electron chi connectivity index (χ1n) is 8.27. The van der Waals surface area contributed by atoms with E-state index in [1.54, 1.807) is 0 Å². The predicted octanol–water partition coefficient (Wildman–Crippen LogP) is 2.01. The van der Waals surface area contributed by atoms with Gasteiger partial charge in [-0.2, -0.15) is 5.10 Å². The van der Waals surface area contributed by atoms with Crippen LogP contribution in [-0.2, 0) is 7.05 Å². The predicted molar refractivity (Wildman–Crippen MR) is 94.1 cm³/mol. The lowest BCUT2D eigenvalue weighted by Gasteiger charge is -2.19. The van der Waals surface area contributed by atoms with E-state index in [9.17, 15) is 0 Å². The third kappa shape index (κ3) is 2.77. The molecule has 124 valence electrons. The number of fused-ring (bicyclic) bond motifs is 1. The SMILES string of the molecule is Cc1nc(N2CC[C@@H](CNc3ccccn3)C2)c2cnn(C)c2n1. The Hall–Kier alpha value is -2.70. The number of aromatic nitrogens is 5. The Morgan fingerprint density at radius 1 is 1.29 bits per heavy atom. The minimum atomic E-state index is 0.578. The first-order chi connectivity index (χ1) is 11.7. The minimum absolute atomic E-state index is 0.578. The van der Waals surface area contributed by atoms with E-state index in [0.29, 0.717) is 5.92 Å². The van der Waals surface area contributed by atoms with Crippen molar-refractivity contribution in [2.45, 2.75) is 13.3 Å². The molecule has 1 aliphatic heterocycles. The second-order valence-electron chi connectivity index (χ2n) is 6.30.